The molecule has 0 saturated heterocycles. The second kappa shape index (κ2) is 6.23. The molecule has 2 aromatic rings. The van der Waals surface area contributed by atoms with Crippen LogP contribution in [0.15, 0.2) is 53.0 Å². The lowest BCUT2D eigenvalue weighted by molar-refractivity contribution is 0.214. The third kappa shape index (κ3) is 3.48. The number of benzene rings is 2. The SMILES string of the molecule is NCC(Oc1cccc(Br)c1)c1ccc(Cl)cc1. The lowest BCUT2D eigenvalue weighted by atomic mass is 10.1. The molecule has 4 heteroatoms. The van der Waals surface area contributed by atoms with Gasteiger partial charge in [0, 0.05) is 16.0 Å². The van der Waals surface area contributed by atoms with Gasteiger partial charge in [0.25, 0.3) is 0 Å². The highest BCUT2D eigenvalue weighted by Crippen LogP contribution is 2.24. The zero-order valence-corrected chi connectivity index (χ0v) is 12.0. The summed E-state index contributed by atoms with van der Waals surface area (Å²) in [4.78, 5) is 0. The quantitative estimate of drug-likeness (QED) is 0.914. The zero-order chi connectivity index (χ0) is 13.0. The van der Waals surface area contributed by atoms with Gasteiger partial charge < -0.3 is 10.5 Å². The molecule has 2 rings (SSSR count). The highest BCUT2D eigenvalue weighted by molar-refractivity contribution is 9.10. The Morgan fingerprint density at radius 2 is 1.89 bits per heavy atom. The van der Waals surface area contributed by atoms with Crippen molar-refractivity contribution in [2.45, 2.75) is 6.10 Å². The van der Waals surface area contributed by atoms with Crippen molar-refractivity contribution >= 4 is 27.5 Å². The number of rotatable bonds is 4. The summed E-state index contributed by atoms with van der Waals surface area (Å²) in [7, 11) is 0. The molecule has 1 unspecified atom stereocenters. The summed E-state index contributed by atoms with van der Waals surface area (Å²) in [5, 5.41) is 0.706. The molecule has 0 bridgehead atoms. The van der Waals surface area contributed by atoms with Crippen LogP contribution in [0.3, 0.4) is 0 Å². The van der Waals surface area contributed by atoms with Crippen molar-refractivity contribution in [3.8, 4) is 5.75 Å². The van der Waals surface area contributed by atoms with E-state index in [9.17, 15) is 0 Å². The summed E-state index contributed by atoms with van der Waals surface area (Å²) < 4.78 is 6.85. The van der Waals surface area contributed by atoms with E-state index >= 15 is 0 Å². The summed E-state index contributed by atoms with van der Waals surface area (Å²) in [5.41, 5.74) is 6.77. The van der Waals surface area contributed by atoms with E-state index in [1.54, 1.807) is 0 Å². The summed E-state index contributed by atoms with van der Waals surface area (Å²) >= 11 is 9.27. The van der Waals surface area contributed by atoms with E-state index in [2.05, 4.69) is 15.9 Å². The van der Waals surface area contributed by atoms with E-state index in [-0.39, 0.29) is 6.10 Å². The third-order valence-corrected chi connectivity index (χ3v) is 3.28. The molecule has 2 N–H and O–H groups in total. The first-order valence-corrected chi connectivity index (χ1v) is 6.74. The fourth-order valence-electron chi connectivity index (χ4n) is 1.63. The molecule has 94 valence electrons. The van der Waals surface area contributed by atoms with Crippen LogP contribution in [-0.4, -0.2) is 6.54 Å². The molecule has 0 radical (unpaired) electrons. The maximum Gasteiger partial charge on any atom is 0.136 e. The second-order valence-electron chi connectivity index (χ2n) is 3.85. The summed E-state index contributed by atoms with van der Waals surface area (Å²) in [6.07, 6.45) is -0.170. The normalized spacial score (nSPS) is 12.2. The van der Waals surface area contributed by atoms with E-state index in [1.807, 2.05) is 48.5 Å². The van der Waals surface area contributed by atoms with Gasteiger partial charge in [-0.3, -0.25) is 0 Å². The minimum absolute atomic E-state index is 0.170. The molecule has 0 aliphatic carbocycles. The van der Waals surface area contributed by atoms with Gasteiger partial charge in [0.2, 0.25) is 0 Å². The predicted octanol–water partition coefficient (Wildman–Crippen LogP) is 4.18. The lowest BCUT2D eigenvalue weighted by Gasteiger charge is -2.18. The topological polar surface area (TPSA) is 35.2 Å². The van der Waals surface area contributed by atoms with Crippen molar-refractivity contribution in [3.63, 3.8) is 0 Å². The molecule has 0 aliphatic heterocycles. The van der Waals surface area contributed by atoms with Crippen LogP contribution in [0.2, 0.25) is 5.02 Å². The summed E-state index contributed by atoms with van der Waals surface area (Å²) in [6, 6.07) is 15.2. The molecular weight excluding hydrogens is 314 g/mol. The van der Waals surface area contributed by atoms with Gasteiger partial charge in [-0.25, -0.2) is 0 Å². The zero-order valence-electron chi connectivity index (χ0n) is 9.64. The van der Waals surface area contributed by atoms with Gasteiger partial charge >= 0.3 is 0 Å². The first-order chi connectivity index (χ1) is 8.69. The standard InChI is InChI=1S/C14H13BrClNO/c15-11-2-1-3-13(8-11)18-14(9-17)10-4-6-12(16)7-5-10/h1-8,14H,9,17H2. The number of halogens is 2. The Bertz CT molecular complexity index is 515. The maximum absolute atomic E-state index is 5.87. The Labute approximate surface area is 120 Å². The minimum atomic E-state index is -0.170. The first-order valence-electron chi connectivity index (χ1n) is 5.57. The lowest BCUT2D eigenvalue weighted by Crippen LogP contribution is -2.18. The van der Waals surface area contributed by atoms with Gasteiger partial charge in [0.05, 0.1) is 0 Å². The monoisotopic (exact) mass is 325 g/mol. The van der Waals surface area contributed by atoms with Gasteiger partial charge in [0.1, 0.15) is 11.9 Å². The van der Waals surface area contributed by atoms with Gasteiger partial charge in [0.15, 0.2) is 0 Å². The fraction of sp³-hybridized carbons (Fsp3) is 0.143. The van der Waals surface area contributed by atoms with Crippen molar-refractivity contribution in [2.75, 3.05) is 6.54 Å². The first kappa shape index (κ1) is 13.4. The fourth-order valence-corrected chi connectivity index (χ4v) is 2.14. The smallest absolute Gasteiger partial charge is 0.136 e. The van der Waals surface area contributed by atoms with Crippen LogP contribution in [0, 0.1) is 0 Å². The second-order valence-corrected chi connectivity index (χ2v) is 5.20. The Balaban J connectivity index is 2.17. The van der Waals surface area contributed by atoms with Crippen molar-refractivity contribution in [1.29, 1.82) is 0 Å². The van der Waals surface area contributed by atoms with Gasteiger partial charge in [-0.05, 0) is 35.9 Å². The van der Waals surface area contributed by atoms with Crippen molar-refractivity contribution < 1.29 is 4.74 Å². The molecule has 18 heavy (non-hydrogen) atoms. The molecule has 0 amide bonds. The van der Waals surface area contributed by atoms with E-state index in [0.29, 0.717) is 11.6 Å². The molecule has 0 aromatic heterocycles. The minimum Gasteiger partial charge on any atom is -0.484 e. The van der Waals surface area contributed by atoms with Crippen LogP contribution in [0.5, 0.6) is 5.75 Å². The van der Waals surface area contributed by atoms with Crippen LogP contribution in [0.25, 0.3) is 0 Å². The van der Waals surface area contributed by atoms with E-state index in [0.717, 1.165) is 15.8 Å². The molecule has 2 aromatic carbocycles. The largest absolute Gasteiger partial charge is 0.484 e. The predicted molar refractivity (Wildman–Crippen MR) is 78.0 cm³/mol. The van der Waals surface area contributed by atoms with Crippen molar-refractivity contribution in [3.05, 3.63) is 63.6 Å². The van der Waals surface area contributed by atoms with Gasteiger partial charge in [-0.2, -0.15) is 0 Å². The van der Waals surface area contributed by atoms with Crippen LogP contribution in [0.4, 0.5) is 0 Å². The molecule has 0 spiro atoms. The number of hydrogen-bond acceptors (Lipinski definition) is 2. The van der Waals surface area contributed by atoms with Gasteiger partial charge in [-0.15, -0.1) is 0 Å². The van der Waals surface area contributed by atoms with Crippen LogP contribution in [0.1, 0.15) is 11.7 Å². The molecule has 1 atom stereocenters. The number of ether oxygens (including phenoxy) is 1. The summed E-state index contributed by atoms with van der Waals surface area (Å²) in [5.74, 6) is 0.787. The van der Waals surface area contributed by atoms with Crippen molar-refractivity contribution in [2.24, 2.45) is 5.73 Å². The highest BCUT2D eigenvalue weighted by atomic mass is 79.9. The highest BCUT2D eigenvalue weighted by Gasteiger charge is 2.11. The molecule has 0 aliphatic rings. The molecular formula is C14H13BrClNO. The third-order valence-electron chi connectivity index (χ3n) is 2.53. The van der Waals surface area contributed by atoms with E-state index in [1.165, 1.54) is 0 Å². The number of nitrogens with two attached hydrogens (primary N) is 1. The van der Waals surface area contributed by atoms with E-state index in [4.69, 9.17) is 22.1 Å². The van der Waals surface area contributed by atoms with Crippen LogP contribution in [-0.2, 0) is 0 Å². The molecule has 2 nitrogen and oxygen atoms in total. The average molecular weight is 327 g/mol. The maximum atomic E-state index is 5.87. The number of hydrogen-bond donors (Lipinski definition) is 1. The average Bonchev–Trinajstić information content (AvgIpc) is 2.37. The Kier molecular flexibility index (Phi) is 4.64. The molecule has 0 saturated carbocycles. The van der Waals surface area contributed by atoms with E-state index < -0.39 is 0 Å². The molecule has 0 heterocycles. The Morgan fingerprint density at radius 1 is 1.17 bits per heavy atom. The van der Waals surface area contributed by atoms with Crippen LogP contribution >= 0.6 is 27.5 Å². The van der Waals surface area contributed by atoms with Crippen LogP contribution < -0.4 is 10.5 Å². The van der Waals surface area contributed by atoms with Gasteiger partial charge in [-0.1, -0.05) is 45.7 Å². The summed E-state index contributed by atoms with van der Waals surface area (Å²) in [6.45, 7) is 0.411. The molecule has 0 fully saturated rings. The Morgan fingerprint density at radius 3 is 2.50 bits per heavy atom. The van der Waals surface area contributed by atoms with Crippen molar-refractivity contribution in [1.82, 2.24) is 0 Å². The Hall–Kier alpha value is -1.03.